The van der Waals surface area contributed by atoms with E-state index in [1.807, 2.05) is 12.1 Å². The van der Waals surface area contributed by atoms with Crippen molar-refractivity contribution >= 4 is 49.7 Å². The van der Waals surface area contributed by atoms with E-state index in [2.05, 4.69) is 20.0 Å². The molecule has 0 fully saturated rings. The first-order valence-electron chi connectivity index (χ1n) is 10.3. The van der Waals surface area contributed by atoms with Crippen LogP contribution in [0.2, 0.25) is 5.02 Å². The van der Waals surface area contributed by atoms with Crippen molar-refractivity contribution in [3.8, 4) is 27.5 Å². The summed E-state index contributed by atoms with van der Waals surface area (Å²) >= 11 is 8.00. The van der Waals surface area contributed by atoms with Crippen LogP contribution in [-0.2, 0) is 27.7 Å². The van der Waals surface area contributed by atoms with Crippen LogP contribution in [-0.4, -0.2) is 40.3 Å². The summed E-state index contributed by atoms with van der Waals surface area (Å²) in [6.07, 6.45) is 5.97. The summed E-state index contributed by atoms with van der Waals surface area (Å²) in [5.74, 6) is -0.187. The Kier molecular flexibility index (Phi) is 5.62. The highest BCUT2D eigenvalue weighted by molar-refractivity contribution is 7.92. The number of halogens is 1. The van der Waals surface area contributed by atoms with Gasteiger partial charge in [-0.15, -0.1) is 0 Å². The number of anilines is 2. The Morgan fingerprint density at radius 2 is 2.06 bits per heavy atom. The number of carbonyl (C=O) groups is 1. The van der Waals surface area contributed by atoms with Gasteiger partial charge in [0.25, 0.3) is 0 Å². The molecular weight excluding hydrogens is 496 g/mol. The second kappa shape index (κ2) is 8.49. The van der Waals surface area contributed by atoms with E-state index >= 15 is 0 Å². The van der Waals surface area contributed by atoms with E-state index in [0.29, 0.717) is 34.4 Å². The molecule has 0 unspecified atom stereocenters. The average molecular weight is 515 g/mol. The third-order valence-electron chi connectivity index (χ3n) is 5.20. The van der Waals surface area contributed by atoms with Gasteiger partial charge in [0.05, 0.1) is 44.6 Å². The van der Waals surface area contributed by atoms with Crippen molar-refractivity contribution < 1.29 is 13.2 Å². The predicted octanol–water partition coefficient (Wildman–Crippen LogP) is 4.14. The lowest BCUT2D eigenvalue weighted by atomic mass is 9.95. The summed E-state index contributed by atoms with van der Waals surface area (Å²) in [4.78, 5) is 21.3. The Balaban J connectivity index is 1.70. The minimum absolute atomic E-state index is 0.187. The quantitative estimate of drug-likeness (QED) is 0.413. The van der Waals surface area contributed by atoms with Crippen molar-refractivity contribution in [2.75, 3.05) is 16.3 Å². The van der Waals surface area contributed by atoms with Gasteiger partial charge in [-0.2, -0.15) is 5.10 Å². The first kappa shape index (κ1) is 22.5. The second-order valence-corrected chi connectivity index (χ2v) is 11.0. The van der Waals surface area contributed by atoms with Gasteiger partial charge < -0.3 is 5.32 Å². The molecule has 0 saturated heterocycles. The third-order valence-corrected chi connectivity index (χ3v) is 7.13. The van der Waals surface area contributed by atoms with Crippen LogP contribution < -0.4 is 10.0 Å². The Morgan fingerprint density at radius 3 is 2.74 bits per heavy atom. The maximum Gasteiger partial charge on any atom is 0.229 e. The van der Waals surface area contributed by atoms with Gasteiger partial charge in [0, 0.05) is 30.4 Å². The number of amides is 1. The van der Waals surface area contributed by atoms with Crippen LogP contribution in [0.4, 0.5) is 10.8 Å². The lowest BCUT2D eigenvalue weighted by Crippen LogP contribution is -2.10. The molecule has 1 aliphatic rings. The summed E-state index contributed by atoms with van der Waals surface area (Å²) < 4.78 is 27.4. The van der Waals surface area contributed by atoms with E-state index in [-0.39, 0.29) is 5.91 Å². The Labute approximate surface area is 204 Å². The van der Waals surface area contributed by atoms with Crippen LogP contribution in [0.5, 0.6) is 0 Å². The maximum absolute atomic E-state index is 11.6. The summed E-state index contributed by atoms with van der Waals surface area (Å²) in [6, 6.07) is 8.72. The summed E-state index contributed by atoms with van der Waals surface area (Å²) in [5, 5.41) is 8.54. The predicted molar refractivity (Wildman–Crippen MR) is 133 cm³/mol. The number of thiazole rings is 1. The van der Waals surface area contributed by atoms with Crippen LogP contribution in [0, 0.1) is 0 Å². The molecule has 2 N–H and O–H groups in total. The molecule has 0 saturated carbocycles. The molecule has 1 amide bonds. The van der Waals surface area contributed by atoms with E-state index in [1.54, 1.807) is 35.3 Å². The number of nitrogens with zero attached hydrogens (tertiary/aromatic N) is 4. The number of aromatic nitrogens is 4. The monoisotopic (exact) mass is 514 g/mol. The molecule has 3 aromatic heterocycles. The van der Waals surface area contributed by atoms with Gasteiger partial charge in [0.1, 0.15) is 0 Å². The Morgan fingerprint density at radius 1 is 1.24 bits per heavy atom. The highest BCUT2D eigenvalue weighted by Crippen LogP contribution is 2.44. The van der Waals surface area contributed by atoms with Crippen LogP contribution in [0.3, 0.4) is 0 Å². The number of rotatable bonds is 5. The molecule has 0 bridgehead atoms. The average Bonchev–Trinajstić information content (AvgIpc) is 3.33. The largest absolute Gasteiger partial charge is 0.302 e. The minimum atomic E-state index is -3.44. The molecule has 174 valence electrons. The molecule has 0 aliphatic heterocycles. The van der Waals surface area contributed by atoms with Gasteiger partial charge in [-0.25, -0.2) is 18.1 Å². The van der Waals surface area contributed by atoms with E-state index in [9.17, 15) is 13.2 Å². The molecule has 1 aromatic carbocycles. The Hall–Kier alpha value is -3.28. The number of carbonyl (C=O) groups excluding carboxylic acids is 1. The molecule has 0 radical (unpaired) electrons. The number of sulfonamides is 1. The fourth-order valence-electron chi connectivity index (χ4n) is 3.94. The van der Waals surface area contributed by atoms with Crippen LogP contribution >= 0.6 is 22.9 Å². The van der Waals surface area contributed by atoms with Gasteiger partial charge in [-0.1, -0.05) is 22.9 Å². The number of aryl methyl sites for hydroxylation is 1. The van der Waals surface area contributed by atoms with Crippen molar-refractivity contribution in [2.24, 2.45) is 0 Å². The molecule has 0 spiro atoms. The van der Waals surface area contributed by atoms with Gasteiger partial charge in [0.15, 0.2) is 5.13 Å². The third kappa shape index (κ3) is 4.29. The van der Waals surface area contributed by atoms with Crippen molar-refractivity contribution in [2.45, 2.75) is 19.8 Å². The van der Waals surface area contributed by atoms with Crippen molar-refractivity contribution in [1.29, 1.82) is 0 Å². The SMILES string of the molecule is CC(=O)Nc1nc2c(s1)-c1c(c(-c3cccnc3)nn1-c1ccc(NS(C)(=O)=O)cc1Cl)CC2. The van der Waals surface area contributed by atoms with E-state index < -0.39 is 10.0 Å². The number of benzene rings is 1. The zero-order valence-electron chi connectivity index (χ0n) is 18.2. The summed E-state index contributed by atoms with van der Waals surface area (Å²) in [5.41, 5.74) is 5.38. The maximum atomic E-state index is 11.6. The lowest BCUT2D eigenvalue weighted by Gasteiger charge is -2.15. The van der Waals surface area contributed by atoms with Gasteiger partial charge in [-0.3, -0.25) is 14.5 Å². The van der Waals surface area contributed by atoms with E-state index in [4.69, 9.17) is 16.7 Å². The van der Waals surface area contributed by atoms with Crippen LogP contribution in [0.15, 0.2) is 42.7 Å². The number of hydrogen-bond acceptors (Lipinski definition) is 7. The number of fused-ring (bicyclic) bond motifs is 3. The Bertz CT molecular complexity index is 1530. The van der Waals surface area contributed by atoms with Crippen molar-refractivity contribution in [3.05, 3.63) is 59.0 Å². The molecule has 34 heavy (non-hydrogen) atoms. The molecule has 12 heteroatoms. The molecule has 4 aromatic rings. The van der Waals surface area contributed by atoms with Crippen molar-refractivity contribution in [3.63, 3.8) is 0 Å². The number of pyridine rings is 1. The highest BCUT2D eigenvalue weighted by Gasteiger charge is 2.30. The smallest absolute Gasteiger partial charge is 0.229 e. The van der Waals surface area contributed by atoms with Crippen molar-refractivity contribution in [1.82, 2.24) is 19.7 Å². The lowest BCUT2D eigenvalue weighted by molar-refractivity contribution is -0.114. The molecule has 3 heterocycles. The first-order chi connectivity index (χ1) is 16.2. The van der Waals surface area contributed by atoms with E-state index in [0.717, 1.165) is 39.3 Å². The molecule has 1 aliphatic carbocycles. The number of nitrogens with one attached hydrogen (secondary N) is 2. The first-order valence-corrected chi connectivity index (χ1v) is 13.4. The normalized spacial score (nSPS) is 12.7. The van der Waals surface area contributed by atoms with Gasteiger partial charge >= 0.3 is 0 Å². The van der Waals surface area contributed by atoms with E-state index in [1.165, 1.54) is 18.3 Å². The number of hydrogen-bond donors (Lipinski definition) is 2. The van der Waals surface area contributed by atoms with Crippen LogP contribution in [0.25, 0.3) is 27.5 Å². The molecule has 9 nitrogen and oxygen atoms in total. The fourth-order valence-corrected chi connectivity index (χ4v) is 5.87. The van der Waals surface area contributed by atoms with Gasteiger partial charge in [0.2, 0.25) is 15.9 Å². The summed E-state index contributed by atoms with van der Waals surface area (Å²) in [7, 11) is -3.44. The molecule has 5 rings (SSSR count). The summed E-state index contributed by atoms with van der Waals surface area (Å²) in [6.45, 7) is 1.45. The van der Waals surface area contributed by atoms with Gasteiger partial charge in [-0.05, 0) is 43.2 Å². The topological polar surface area (TPSA) is 119 Å². The standard InChI is InChI=1S/C22H19ClN6O3S2/c1-12(30)25-22-26-17-7-6-15-19(13-4-3-9-24-11-13)27-29(20(15)21(17)33-22)18-8-5-14(10-16(18)23)28-34(2,31)32/h3-5,8-11,28H,6-7H2,1-2H3,(H,25,26,30). The minimum Gasteiger partial charge on any atom is -0.302 e. The zero-order valence-corrected chi connectivity index (χ0v) is 20.6. The highest BCUT2D eigenvalue weighted by atomic mass is 35.5. The second-order valence-electron chi connectivity index (χ2n) is 7.85. The molecule has 0 atom stereocenters. The fraction of sp³-hybridized carbons (Fsp3) is 0.182. The van der Waals surface area contributed by atoms with Crippen LogP contribution in [0.1, 0.15) is 18.2 Å². The molecular formula is C22H19ClN6O3S2. The zero-order chi connectivity index (χ0) is 24.0.